The van der Waals surface area contributed by atoms with Gasteiger partial charge in [0.15, 0.2) is 6.29 Å². The standard InChI is InChI=1S/C23H23BrF6O5S/c1-13(16-8-17(22(25,26)27)11-18(9-16)23(28,29)30)35-21-20(14-4-3-5-19(24)10-14)15(6-7-33-21)12-34-36(2,31)32/h3-5,8-11,13,15,20-21H,6-7,12H2,1-2H3/t13?,15-,20+,21-/m1/s1. The lowest BCUT2D eigenvalue weighted by atomic mass is 9.82. The summed E-state index contributed by atoms with van der Waals surface area (Å²) < 4.78 is 120. The van der Waals surface area contributed by atoms with E-state index >= 15 is 0 Å². The molecule has 0 aromatic heterocycles. The highest BCUT2D eigenvalue weighted by molar-refractivity contribution is 9.10. The Morgan fingerprint density at radius 1 is 1.06 bits per heavy atom. The van der Waals surface area contributed by atoms with Gasteiger partial charge in [-0.2, -0.15) is 34.8 Å². The lowest BCUT2D eigenvalue weighted by molar-refractivity contribution is -0.211. The van der Waals surface area contributed by atoms with E-state index in [4.69, 9.17) is 13.7 Å². The molecule has 0 spiro atoms. The van der Waals surface area contributed by atoms with Crippen LogP contribution in [-0.4, -0.2) is 34.2 Å². The topological polar surface area (TPSA) is 61.8 Å². The van der Waals surface area contributed by atoms with Gasteiger partial charge in [-0.3, -0.25) is 4.18 Å². The van der Waals surface area contributed by atoms with E-state index in [1.807, 2.05) is 0 Å². The van der Waals surface area contributed by atoms with Crippen LogP contribution in [0, 0.1) is 5.92 Å². The van der Waals surface area contributed by atoms with Crippen LogP contribution in [0.15, 0.2) is 46.9 Å². The second kappa shape index (κ2) is 11.0. The minimum Gasteiger partial charge on any atom is -0.352 e. The molecule has 2 aromatic carbocycles. The molecule has 1 fully saturated rings. The third-order valence-corrected chi connectivity index (χ3v) is 6.78. The van der Waals surface area contributed by atoms with E-state index in [0.29, 0.717) is 28.6 Å². The molecule has 3 rings (SSSR count). The van der Waals surface area contributed by atoms with Gasteiger partial charge in [-0.1, -0.05) is 28.1 Å². The van der Waals surface area contributed by atoms with Crippen LogP contribution < -0.4 is 0 Å². The summed E-state index contributed by atoms with van der Waals surface area (Å²) in [6.07, 6.45) is -11.0. The van der Waals surface area contributed by atoms with Gasteiger partial charge in [0.25, 0.3) is 10.1 Å². The normalized spacial score (nSPS) is 22.4. The summed E-state index contributed by atoms with van der Waals surface area (Å²) in [5, 5.41) is 0. The van der Waals surface area contributed by atoms with E-state index in [1.54, 1.807) is 24.3 Å². The molecule has 1 saturated heterocycles. The summed E-state index contributed by atoms with van der Waals surface area (Å²) in [4.78, 5) is 0. The summed E-state index contributed by atoms with van der Waals surface area (Å²) in [7, 11) is -3.76. The highest BCUT2D eigenvalue weighted by atomic mass is 79.9. The van der Waals surface area contributed by atoms with Crippen LogP contribution in [0.5, 0.6) is 0 Å². The Balaban J connectivity index is 1.96. The van der Waals surface area contributed by atoms with E-state index in [1.165, 1.54) is 6.92 Å². The average Bonchev–Trinajstić information content (AvgIpc) is 2.75. The largest absolute Gasteiger partial charge is 0.416 e. The van der Waals surface area contributed by atoms with E-state index < -0.39 is 57.8 Å². The highest BCUT2D eigenvalue weighted by Crippen LogP contribution is 2.42. The Labute approximate surface area is 213 Å². The molecular weight excluding hydrogens is 582 g/mol. The lowest BCUT2D eigenvalue weighted by Crippen LogP contribution is -2.39. The van der Waals surface area contributed by atoms with Crippen molar-refractivity contribution in [1.29, 1.82) is 0 Å². The van der Waals surface area contributed by atoms with Gasteiger partial charge < -0.3 is 9.47 Å². The van der Waals surface area contributed by atoms with Gasteiger partial charge in [0.2, 0.25) is 0 Å². The summed E-state index contributed by atoms with van der Waals surface area (Å²) in [6, 6.07) is 8.25. The van der Waals surface area contributed by atoms with Gasteiger partial charge in [0, 0.05) is 10.4 Å². The number of hydrogen-bond acceptors (Lipinski definition) is 5. The second-order valence-electron chi connectivity index (χ2n) is 8.47. The molecule has 1 aliphatic heterocycles. The zero-order valence-corrected chi connectivity index (χ0v) is 21.5. The number of halogens is 7. The minimum absolute atomic E-state index is 0.0518. The molecular formula is C23H23BrF6O5S. The highest BCUT2D eigenvalue weighted by Gasteiger charge is 2.40. The molecule has 0 aliphatic carbocycles. The summed E-state index contributed by atoms with van der Waals surface area (Å²) in [6.45, 7) is 1.25. The van der Waals surface area contributed by atoms with E-state index in [9.17, 15) is 34.8 Å². The molecule has 200 valence electrons. The third kappa shape index (κ3) is 7.67. The van der Waals surface area contributed by atoms with Crippen molar-refractivity contribution in [1.82, 2.24) is 0 Å². The predicted octanol–water partition coefficient (Wildman–Crippen LogP) is 6.69. The number of ether oxygens (including phenoxy) is 2. The van der Waals surface area contributed by atoms with Gasteiger partial charge in [0.1, 0.15) is 0 Å². The molecule has 13 heteroatoms. The smallest absolute Gasteiger partial charge is 0.352 e. The van der Waals surface area contributed by atoms with Crippen molar-refractivity contribution in [3.05, 3.63) is 69.2 Å². The fraction of sp³-hybridized carbons (Fsp3) is 0.478. The van der Waals surface area contributed by atoms with Crippen molar-refractivity contribution in [2.24, 2.45) is 5.92 Å². The quantitative estimate of drug-likeness (QED) is 0.260. The van der Waals surface area contributed by atoms with E-state index in [-0.39, 0.29) is 24.8 Å². The molecule has 1 unspecified atom stereocenters. The maximum atomic E-state index is 13.3. The zero-order valence-electron chi connectivity index (χ0n) is 19.1. The molecule has 36 heavy (non-hydrogen) atoms. The fourth-order valence-corrected chi connectivity index (χ4v) is 4.84. The number of rotatable bonds is 7. The zero-order chi connectivity index (χ0) is 26.9. The van der Waals surface area contributed by atoms with Crippen LogP contribution >= 0.6 is 15.9 Å². The monoisotopic (exact) mass is 604 g/mol. The van der Waals surface area contributed by atoms with Crippen molar-refractivity contribution in [2.45, 2.75) is 44.0 Å². The van der Waals surface area contributed by atoms with Crippen LogP contribution in [0.25, 0.3) is 0 Å². The van der Waals surface area contributed by atoms with Crippen molar-refractivity contribution >= 4 is 26.0 Å². The molecule has 0 saturated carbocycles. The van der Waals surface area contributed by atoms with Crippen molar-refractivity contribution in [3.63, 3.8) is 0 Å². The molecule has 0 amide bonds. The molecule has 5 nitrogen and oxygen atoms in total. The molecule has 1 heterocycles. The summed E-state index contributed by atoms with van der Waals surface area (Å²) in [5.41, 5.74) is -2.56. The molecule has 2 aromatic rings. The molecule has 0 radical (unpaired) electrons. The van der Waals surface area contributed by atoms with Gasteiger partial charge in [-0.15, -0.1) is 0 Å². The maximum Gasteiger partial charge on any atom is 0.416 e. The SMILES string of the molecule is CC(O[C@H]1OCC[C@H](COS(C)(=O)=O)[C@@H]1c1cccc(Br)c1)c1cc(C(F)(F)F)cc(C(F)(F)F)c1. The van der Waals surface area contributed by atoms with Crippen LogP contribution in [-0.2, 0) is 36.1 Å². The second-order valence-corrected chi connectivity index (χ2v) is 11.0. The van der Waals surface area contributed by atoms with Crippen LogP contribution in [0.3, 0.4) is 0 Å². The first kappa shape index (κ1) is 28.9. The van der Waals surface area contributed by atoms with E-state index in [0.717, 1.165) is 6.26 Å². The third-order valence-electron chi connectivity index (χ3n) is 5.72. The Kier molecular flexibility index (Phi) is 8.81. The van der Waals surface area contributed by atoms with Crippen molar-refractivity contribution < 1.29 is 48.4 Å². The average molecular weight is 605 g/mol. The van der Waals surface area contributed by atoms with Crippen LogP contribution in [0.1, 0.15) is 47.6 Å². The van der Waals surface area contributed by atoms with Gasteiger partial charge >= 0.3 is 12.4 Å². The predicted molar refractivity (Wildman–Crippen MR) is 121 cm³/mol. The minimum atomic E-state index is -5.00. The molecule has 0 bridgehead atoms. The Morgan fingerprint density at radius 3 is 2.19 bits per heavy atom. The van der Waals surface area contributed by atoms with Gasteiger partial charge in [-0.25, -0.2) is 0 Å². The molecule has 1 aliphatic rings. The Morgan fingerprint density at radius 2 is 1.67 bits per heavy atom. The van der Waals surface area contributed by atoms with Crippen LogP contribution in [0.2, 0.25) is 0 Å². The number of hydrogen-bond donors (Lipinski definition) is 0. The van der Waals surface area contributed by atoms with Gasteiger partial charge in [0.05, 0.1) is 36.7 Å². The first-order chi connectivity index (χ1) is 16.5. The number of alkyl halides is 6. The van der Waals surface area contributed by atoms with Gasteiger partial charge in [-0.05, 0) is 60.7 Å². The molecule has 0 N–H and O–H groups in total. The summed E-state index contributed by atoms with van der Waals surface area (Å²) >= 11 is 3.36. The summed E-state index contributed by atoms with van der Waals surface area (Å²) in [5.74, 6) is -1.04. The first-order valence-corrected chi connectivity index (χ1v) is 13.3. The van der Waals surface area contributed by atoms with Crippen LogP contribution in [0.4, 0.5) is 26.3 Å². The fourth-order valence-electron chi connectivity index (χ4n) is 4.00. The Hall–Kier alpha value is -1.67. The first-order valence-electron chi connectivity index (χ1n) is 10.7. The van der Waals surface area contributed by atoms with Crippen molar-refractivity contribution in [3.8, 4) is 0 Å². The lowest BCUT2D eigenvalue weighted by Gasteiger charge is -2.39. The van der Waals surface area contributed by atoms with Crippen molar-refractivity contribution in [2.75, 3.05) is 19.5 Å². The van der Waals surface area contributed by atoms with E-state index in [2.05, 4.69) is 15.9 Å². The maximum absolute atomic E-state index is 13.3. The number of benzene rings is 2. The Bertz CT molecular complexity index is 1140. The molecule has 4 atom stereocenters.